The molecule has 140 valence electrons. The zero-order chi connectivity index (χ0) is 19.2. The Kier molecular flexibility index (Phi) is 5.86. The molecule has 2 aromatic heterocycles. The summed E-state index contributed by atoms with van der Waals surface area (Å²) in [5.41, 5.74) is 1.80. The lowest BCUT2D eigenvalue weighted by Gasteiger charge is -2.14. The predicted octanol–water partition coefficient (Wildman–Crippen LogP) is 4.89. The second kappa shape index (κ2) is 8.49. The average Bonchev–Trinajstić information content (AvgIpc) is 2.63. The van der Waals surface area contributed by atoms with Gasteiger partial charge in [0, 0.05) is 23.7 Å². The van der Waals surface area contributed by atoms with Crippen molar-refractivity contribution in [2.45, 2.75) is 39.8 Å². The Hall–Kier alpha value is -3.15. The van der Waals surface area contributed by atoms with Crippen LogP contribution in [-0.4, -0.2) is 27.1 Å². The number of aromatic nitrogens is 3. The van der Waals surface area contributed by atoms with Crippen LogP contribution >= 0.6 is 0 Å². The SMILES string of the molecule is CC(C)Nc1cc(Nc2ccc(OC(C)C)nc2)nc(-c2ccccc2)n1. The van der Waals surface area contributed by atoms with Gasteiger partial charge in [-0.05, 0) is 33.8 Å². The van der Waals surface area contributed by atoms with Gasteiger partial charge in [-0.15, -0.1) is 0 Å². The maximum Gasteiger partial charge on any atom is 0.213 e. The molecule has 0 unspecified atom stereocenters. The summed E-state index contributed by atoms with van der Waals surface area (Å²) in [6, 6.07) is 15.9. The van der Waals surface area contributed by atoms with E-state index < -0.39 is 0 Å². The lowest BCUT2D eigenvalue weighted by molar-refractivity contribution is 0.232. The molecule has 0 spiro atoms. The largest absolute Gasteiger partial charge is 0.475 e. The maximum atomic E-state index is 5.58. The fourth-order valence-corrected chi connectivity index (χ4v) is 2.51. The van der Waals surface area contributed by atoms with E-state index in [1.165, 1.54) is 0 Å². The monoisotopic (exact) mass is 363 g/mol. The van der Waals surface area contributed by atoms with Crippen LogP contribution in [0, 0.1) is 0 Å². The molecule has 0 fully saturated rings. The van der Waals surface area contributed by atoms with Gasteiger partial charge in [0.1, 0.15) is 11.6 Å². The van der Waals surface area contributed by atoms with E-state index in [9.17, 15) is 0 Å². The molecule has 0 saturated carbocycles. The van der Waals surface area contributed by atoms with Crippen LogP contribution in [0.25, 0.3) is 11.4 Å². The van der Waals surface area contributed by atoms with Crippen LogP contribution in [0.4, 0.5) is 17.3 Å². The zero-order valence-corrected chi connectivity index (χ0v) is 16.1. The van der Waals surface area contributed by atoms with Gasteiger partial charge >= 0.3 is 0 Å². The molecule has 1 aromatic carbocycles. The van der Waals surface area contributed by atoms with Gasteiger partial charge in [-0.25, -0.2) is 15.0 Å². The Morgan fingerprint density at radius 1 is 0.889 bits per heavy atom. The van der Waals surface area contributed by atoms with Crippen molar-refractivity contribution in [3.05, 3.63) is 54.7 Å². The number of nitrogens with zero attached hydrogens (tertiary/aromatic N) is 3. The lowest BCUT2D eigenvalue weighted by Crippen LogP contribution is -2.12. The van der Waals surface area contributed by atoms with E-state index in [1.807, 2.05) is 62.4 Å². The molecule has 3 rings (SSSR count). The zero-order valence-electron chi connectivity index (χ0n) is 16.1. The van der Waals surface area contributed by atoms with Gasteiger partial charge in [0.2, 0.25) is 5.88 Å². The molecule has 0 radical (unpaired) electrons. The summed E-state index contributed by atoms with van der Waals surface area (Å²) in [4.78, 5) is 13.6. The van der Waals surface area contributed by atoms with Gasteiger partial charge in [0.25, 0.3) is 0 Å². The van der Waals surface area contributed by atoms with Crippen LogP contribution in [0.1, 0.15) is 27.7 Å². The normalized spacial score (nSPS) is 10.9. The molecule has 2 N–H and O–H groups in total. The Labute approximate surface area is 160 Å². The van der Waals surface area contributed by atoms with Crippen LogP contribution in [0.15, 0.2) is 54.7 Å². The quantitative estimate of drug-likeness (QED) is 0.623. The number of hydrogen-bond donors (Lipinski definition) is 2. The van der Waals surface area contributed by atoms with Gasteiger partial charge in [-0.2, -0.15) is 0 Å². The first-order valence-corrected chi connectivity index (χ1v) is 9.10. The van der Waals surface area contributed by atoms with E-state index in [2.05, 4.69) is 39.4 Å². The molecule has 6 nitrogen and oxygen atoms in total. The Morgan fingerprint density at radius 2 is 1.63 bits per heavy atom. The number of anilines is 3. The third-order valence-corrected chi connectivity index (χ3v) is 3.56. The number of benzene rings is 1. The van der Waals surface area contributed by atoms with Crippen molar-refractivity contribution in [2.24, 2.45) is 0 Å². The van der Waals surface area contributed by atoms with E-state index in [-0.39, 0.29) is 12.1 Å². The van der Waals surface area contributed by atoms with Gasteiger partial charge in [0.15, 0.2) is 5.82 Å². The maximum absolute atomic E-state index is 5.58. The molecule has 0 aliphatic rings. The number of rotatable bonds is 7. The summed E-state index contributed by atoms with van der Waals surface area (Å²) < 4.78 is 5.58. The van der Waals surface area contributed by atoms with E-state index in [0.29, 0.717) is 17.5 Å². The molecule has 3 aromatic rings. The number of hydrogen-bond acceptors (Lipinski definition) is 6. The minimum atomic E-state index is 0.0938. The summed E-state index contributed by atoms with van der Waals surface area (Å²) in [5, 5.41) is 6.64. The minimum absolute atomic E-state index is 0.0938. The van der Waals surface area contributed by atoms with Crippen LogP contribution in [0.2, 0.25) is 0 Å². The number of ether oxygens (including phenoxy) is 1. The van der Waals surface area contributed by atoms with E-state index >= 15 is 0 Å². The molecule has 2 heterocycles. The first-order valence-electron chi connectivity index (χ1n) is 9.10. The third-order valence-electron chi connectivity index (χ3n) is 3.56. The van der Waals surface area contributed by atoms with Crippen molar-refractivity contribution in [2.75, 3.05) is 10.6 Å². The molecule has 0 saturated heterocycles. The van der Waals surface area contributed by atoms with Gasteiger partial charge in [-0.3, -0.25) is 0 Å². The highest BCUT2D eigenvalue weighted by atomic mass is 16.5. The molecule has 0 aliphatic heterocycles. The molecule has 0 atom stereocenters. The van der Waals surface area contributed by atoms with E-state index in [1.54, 1.807) is 6.20 Å². The fourth-order valence-electron chi connectivity index (χ4n) is 2.51. The van der Waals surface area contributed by atoms with E-state index in [4.69, 9.17) is 4.74 Å². The van der Waals surface area contributed by atoms with Gasteiger partial charge in [-0.1, -0.05) is 30.3 Å². The highest BCUT2D eigenvalue weighted by Crippen LogP contribution is 2.23. The van der Waals surface area contributed by atoms with Crippen molar-refractivity contribution < 1.29 is 4.74 Å². The Morgan fingerprint density at radius 3 is 2.26 bits per heavy atom. The summed E-state index contributed by atoms with van der Waals surface area (Å²) in [6.45, 7) is 8.11. The number of pyridine rings is 1. The third kappa shape index (κ3) is 5.41. The standard InChI is InChI=1S/C21H25N5O/c1-14(2)23-18-12-19(26-21(25-18)16-8-6-5-7-9-16)24-17-10-11-20(22-13-17)27-15(3)4/h5-15H,1-4H3,(H2,23,24,25,26). The highest BCUT2D eigenvalue weighted by Gasteiger charge is 2.09. The molecular weight excluding hydrogens is 338 g/mol. The average molecular weight is 363 g/mol. The van der Waals surface area contributed by atoms with Crippen molar-refractivity contribution in [1.82, 2.24) is 15.0 Å². The predicted molar refractivity (Wildman–Crippen MR) is 110 cm³/mol. The molecule has 0 amide bonds. The van der Waals surface area contributed by atoms with E-state index in [0.717, 1.165) is 17.1 Å². The second-order valence-corrected chi connectivity index (χ2v) is 6.80. The Bertz CT molecular complexity index is 864. The first kappa shape index (κ1) is 18.6. The first-order chi connectivity index (χ1) is 13.0. The molecule has 0 aliphatic carbocycles. The fraction of sp³-hybridized carbons (Fsp3) is 0.286. The van der Waals surface area contributed by atoms with Crippen molar-refractivity contribution in [1.29, 1.82) is 0 Å². The summed E-state index contributed by atoms with van der Waals surface area (Å²) in [6.07, 6.45) is 1.83. The molecule has 0 bridgehead atoms. The molecule has 6 heteroatoms. The summed E-state index contributed by atoms with van der Waals surface area (Å²) in [7, 11) is 0. The lowest BCUT2D eigenvalue weighted by atomic mass is 10.2. The van der Waals surface area contributed by atoms with Crippen LogP contribution < -0.4 is 15.4 Å². The summed E-state index contributed by atoms with van der Waals surface area (Å²) in [5.74, 6) is 2.74. The van der Waals surface area contributed by atoms with Gasteiger partial charge < -0.3 is 15.4 Å². The van der Waals surface area contributed by atoms with Crippen molar-refractivity contribution in [3.63, 3.8) is 0 Å². The topological polar surface area (TPSA) is 72.0 Å². The molecular formula is C21H25N5O. The Balaban J connectivity index is 1.87. The van der Waals surface area contributed by atoms with Crippen molar-refractivity contribution in [3.8, 4) is 17.3 Å². The smallest absolute Gasteiger partial charge is 0.213 e. The highest BCUT2D eigenvalue weighted by molar-refractivity contribution is 5.65. The van der Waals surface area contributed by atoms with Crippen molar-refractivity contribution >= 4 is 17.3 Å². The van der Waals surface area contributed by atoms with Crippen LogP contribution in [0.5, 0.6) is 5.88 Å². The van der Waals surface area contributed by atoms with Crippen LogP contribution in [-0.2, 0) is 0 Å². The molecule has 27 heavy (non-hydrogen) atoms. The summed E-state index contributed by atoms with van der Waals surface area (Å²) >= 11 is 0. The second-order valence-electron chi connectivity index (χ2n) is 6.80. The van der Waals surface area contributed by atoms with Gasteiger partial charge in [0.05, 0.1) is 18.0 Å². The minimum Gasteiger partial charge on any atom is -0.475 e. The number of nitrogens with one attached hydrogen (secondary N) is 2. The van der Waals surface area contributed by atoms with Crippen LogP contribution in [0.3, 0.4) is 0 Å².